The van der Waals surface area contributed by atoms with Crippen molar-refractivity contribution in [2.75, 3.05) is 13.1 Å². The highest BCUT2D eigenvalue weighted by atomic mass is 35.5. The van der Waals surface area contributed by atoms with Gasteiger partial charge in [-0.1, -0.05) is 29.8 Å². The van der Waals surface area contributed by atoms with Crippen LogP contribution in [0.2, 0.25) is 5.02 Å². The topological polar surface area (TPSA) is 50.5 Å². The van der Waals surface area contributed by atoms with E-state index in [1.807, 2.05) is 24.3 Å². The van der Waals surface area contributed by atoms with E-state index < -0.39 is 11.7 Å². The predicted octanol–water partition coefficient (Wildman–Crippen LogP) is 3.13. The third kappa shape index (κ3) is 2.72. The molecule has 1 saturated heterocycles. The molecule has 1 aromatic carbocycles. The number of hydrogen-bond donors (Lipinski definition) is 0. The lowest BCUT2D eigenvalue weighted by Crippen LogP contribution is -2.34. The van der Waals surface area contributed by atoms with E-state index in [4.69, 9.17) is 16.0 Å². The smallest absolute Gasteiger partial charge is 0.298 e. The Balaban J connectivity index is 1.71. The summed E-state index contributed by atoms with van der Waals surface area (Å²) in [7, 11) is 0. The van der Waals surface area contributed by atoms with Crippen LogP contribution in [0.4, 0.5) is 0 Å². The number of likely N-dealkylation sites (tertiary alicyclic amines) is 1. The Kier molecular flexibility index (Phi) is 3.80. The largest absolute Gasteiger partial charge is 0.461 e. The van der Waals surface area contributed by atoms with E-state index in [1.165, 1.54) is 12.3 Å². The number of nitrogens with zero attached hydrogens (tertiary/aromatic N) is 1. The molecule has 2 heterocycles. The Hall–Kier alpha value is -2.07. The number of Topliss-reactive ketones (excluding diaryl/α,β-unsaturated/α-hetero) is 1. The maximum Gasteiger partial charge on any atom is 0.298 e. The zero-order valence-corrected chi connectivity index (χ0v) is 12.0. The van der Waals surface area contributed by atoms with E-state index in [0.29, 0.717) is 18.1 Å². The number of halogens is 1. The van der Waals surface area contributed by atoms with Crippen molar-refractivity contribution in [3.8, 4) is 0 Å². The fourth-order valence-electron chi connectivity index (χ4n) is 2.66. The molecule has 1 fully saturated rings. The van der Waals surface area contributed by atoms with Crippen LogP contribution in [0.15, 0.2) is 47.1 Å². The lowest BCUT2D eigenvalue weighted by molar-refractivity contribution is -0.125. The zero-order valence-electron chi connectivity index (χ0n) is 11.3. The van der Waals surface area contributed by atoms with E-state index in [9.17, 15) is 9.59 Å². The van der Waals surface area contributed by atoms with Crippen molar-refractivity contribution in [3.05, 3.63) is 59.0 Å². The normalized spacial score (nSPS) is 18.0. The number of benzene rings is 1. The van der Waals surface area contributed by atoms with Gasteiger partial charge in [-0.05, 0) is 30.2 Å². The van der Waals surface area contributed by atoms with Crippen molar-refractivity contribution in [2.45, 2.75) is 12.3 Å². The highest BCUT2D eigenvalue weighted by Gasteiger charge is 2.32. The van der Waals surface area contributed by atoms with Gasteiger partial charge in [-0.3, -0.25) is 9.59 Å². The van der Waals surface area contributed by atoms with Crippen LogP contribution < -0.4 is 0 Å². The van der Waals surface area contributed by atoms with Gasteiger partial charge in [-0.25, -0.2) is 0 Å². The second kappa shape index (κ2) is 5.74. The van der Waals surface area contributed by atoms with Crippen molar-refractivity contribution >= 4 is 23.3 Å². The molecule has 1 aliphatic heterocycles. The molecule has 0 unspecified atom stereocenters. The summed E-state index contributed by atoms with van der Waals surface area (Å²) < 4.78 is 4.99. The van der Waals surface area contributed by atoms with Gasteiger partial charge in [0.15, 0.2) is 5.76 Å². The molecule has 0 radical (unpaired) electrons. The molecule has 1 aromatic heterocycles. The standard InChI is InChI=1S/C16H14ClNO3/c17-13-5-2-1-4-12(13)11-7-8-18(10-11)16(20)15(19)14-6-3-9-21-14/h1-6,9,11H,7-8,10H2/t11-/m1/s1. The van der Waals surface area contributed by atoms with Crippen molar-refractivity contribution in [1.29, 1.82) is 0 Å². The zero-order chi connectivity index (χ0) is 14.8. The molecule has 0 aliphatic carbocycles. The molecule has 0 spiro atoms. The highest BCUT2D eigenvalue weighted by molar-refractivity contribution is 6.42. The van der Waals surface area contributed by atoms with Gasteiger partial charge in [-0.15, -0.1) is 0 Å². The third-order valence-electron chi connectivity index (χ3n) is 3.76. The SMILES string of the molecule is O=C(C(=O)N1CC[C@@H](c2ccccc2Cl)C1)c1ccco1. The maximum atomic E-state index is 12.2. The van der Waals surface area contributed by atoms with Crippen LogP contribution in [0.3, 0.4) is 0 Å². The van der Waals surface area contributed by atoms with E-state index in [2.05, 4.69) is 0 Å². The van der Waals surface area contributed by atoms with Gasteiger partial charge in [0.2, 0.25) is 0 Å². The number of hydrogen-bond acceptors (Lipinski definition) is 3. The summed E-state index contributed by atoms with van der Waals surface area (Å²) in [6.07, 6.45) is 2.19. The number of carbonyl (C=O) groups is 2. The quantitative estimate of drug-likeness (QED) is 0.646. The first kappa shape index (κ1) is 13.9. The number of rotatable bonds is 3. The Bertz CT molecular complexity index is 666. The molecule has 5 heteroatoms. The molecule has 21 heavy (non-hydrogen) atoms. The molecular weight excluding hydrogens is 290 g/mol. The number of amides is 1. The highest BCUT2D eigenvalue weighted by Crippen LogP contribution is 2.32. The van der Waals surface area contributed by atoms with Gasteiger partial charge in [0, 0.05) is 24.0 Å². The van der Waals surface area contributed by atoms with Crippen molar-refractivity contribution < 1.29 is 14.0 Å². The lowest BCUT2D eigenvalue weighted by atomic mass is 9.98. The summed E-state index contributed by atoms with van der Waals surface area (Å²) in [5.41, 5.74) is 1.03. The second-order valence-electron chi connectivity index (χ2n) is 5.06. The van der Waals surface area contributed by atoms with Crippen molar-refractivity contribution in [1.82, 2.24) is 4.90 Å². The van der Waals surface area contributed by atoms with Gasteiger partial charge in [0.05, 0.1) is 6.26 Å². The first-order valence-electron chi connectivity index (χ1n) is 6.78. The molecule has 1 amide bonds. The summed E-state index contributed by atoms with van der Waals surface area (Å²) in [4.78, 5) is 25.7. The van der Waals surface area contributed by atoms with E-state index in [1.54, 1.807) is 11.0 Å². The van der Waals surface area contributed by atoms with Crippen LogP contribution in [0.25, 0.3) is 0 Å². The van der Waals surface area contributed by atoms with Crippen LogP contribution in [0, 0.1) is 0 Å². The molecule has 2 aromatic rings. The van der Waals surface area contributed by atoms with Gasteiger partial charge >= 0.3 is 0 Å². The number of furan rings is 1. The Morgan fingerprint density at radius 2 is 2.00 bits per heavy atom. The summed E-state index contributed by atoms with van der Waals surface area (Å²) in [6.45, 7) is 1.07. The van der Waals surface area contributed by atoms with E-state index in [0.717, 1.165) is 12.0 Å². The van der Waals surface area contributed by atoms with Gasteiger partial charge < -0.3 is 9.32 Å². The van der Waals surface area contributed by atoms with Crippen LogP contribution >= 0.6 is 11.6 Å². The van der Waals surface area contributed by atoms with E-state index in [-0.39, 0.29) is 11.7 Å². The van der Waals surface area contributed by atoms with Crippen LogP contribution in [0.1, 0.15) is 28.5 Å². The fourth-order valence-corrected chi connectivity index (χ4v) is 2.95. The Morgan fingerprint density at radius 3 is 2.71 bits per heavy atom. The predicted molar refractivity (Wildman–Crippen MR) is 78.4 cm³/mol. The first-order valence-corrected chi connectivity index (χ1v) is 7.16. The molecule has 1 atom stereocenters. The molecule has 0 N–H and O–H groups in total. The van der Waals surface area contributed by atoms with Crippen LogP contribution in [-0.4, -0.2) is 29.7 Å². The van der Waals surface area contributed by atoms with Gasteiger partial charge in [0.25, 0.3) is 11.7 Å². The van der Waals surface area contributed by atoms with Gasteiger partial charge in [0.1, 0.15) is 0 Å². The van der Waals surface area contributed by atoms with E-state index >= 15 is 0 Å². The average Bonchev–Trinajstić information content (AvgIpc) is 3.17. The minimum atomic E-state index is -0.597. The second-order valence-corrected chi connectivity index (χ2v) is 5.47. The molecular formula is C16H14ClNO3. The summed E-state index contributed by atoms with van der Waals surface area (Å²) in [5.74, 6) is -0.854. The average molecular weight is 304 g/mol. The summed E-state index contributed by atoms with van der Waals surface area (Å²) in [5, 5.41) is 0.703. The first-order chi connectivity index (χ1) is 10.2. The monoisotopic (exact) mass is 303 g/mol. The summed E-state index contributed by atoms with van der Waals surface area (Å²) in [6, 6.07) is 10.7. The fraction of sp³-hybridized carbons (Fsp3) is 0.250. The van der Waals surface area contributed by atoms with Gasteiger partial charge in [-0.2, -0.15) is 0 Å². The van der Waals surface area contributed by atoms with Crippen LogP contribution in [-0.2, 0) is 4.79 Å². The molecule has 0 saturated carbocycles. The Labute approximate surface area is 127 Å². The lowest BCUT2D eigenvalue weighted by Gasteiger charge is -2.15. The van der Waals surface area contributed by atoms with Crippen molar-refractivity contribution in [3.63, 3.8) is 0 Å². The van der Waals surface area contributed by atoms with Crippen molar-refractivity contribution in [2.24, 2.45) is 0 Å². The molecule has 0 bridgehead atoms. The number of ketones is 1. The molecule has 4 nitrogen and oxygen atoms in total. The third-order valence-corrected chi connectivity index (χ3v) is 4.10. The maximum absolute atomic E-state index is 12.2. The number of carbonyl (C=O) groups excluding carboxylic acids is 2. The summed E-state index contributed by atoms with van der Waals surface area (Å²) >= 11 is 6.19. The molecule has 108 valence electrons. The Morgan fingerprint density at radius 1 is 1.19 bits per heavy atom. The molecule has 3 rings (SSSR count). The minimum absolute atomic E-state index is 0.0844. The minimum Gasteiger partial charge on any atom is -0.461 e. The van der Waals surface area contributed by atoms with Crippen LogP contribution in [0.5, 0.6) is 0 Å². The molecule has 1 aliphatic rings.